The van der Waals surface area contributed by atoms with Gasteiger partial charge in [0.1, 0.15) is 12.4 Å². The maximum absolute atomic E-state index is 13.1. The highest BCUT2D eigenvalue weighted by Gasteiger charge is 2.30. The van der Waals surface area contributed by atoms with Crippen LogP contribution in [-0.2, 0) is 6.61 Å². The van der Waals surface area contributed by atoms with Gasteiger partial charge in [0, 0.05) is 35.1 Å². The molecule has 0 saturated carbocycles. The molecule has 27 heavy (non-hydrogen) atoms. The zero-order valence-electron chi connectivity index (χ0n) is 15.7. The Kier molecular flexibility index (Phi) is 4.66. The van der Waals surface area contributed by atoms with Crippen molar-refractivity contribution in [2.75, 3.05) is 26.2 Å². The largest absolute Gasteiger partial charge is 0.488 e. The zero-order valence-corrected chi connectivity index (χ0v) is 16.5. The van der Waals surface area contributed by atoms with E-state index in [9.17, 15) is 4.79 Å². The van der Waals surface area contributed by atoms with Gasteiger partial charge in [0.25, 0.3) is 5.91 Å². The van der Waals surface area contributed by atoms with Gasteiger partial charge in [-0.25, -0.2) is 0 Å². The number of likely N-dealkylation sites (tertiary alicyclic amines) is 2. The number of fused-ring (bicyclic) bond motifs is 3. The van der Waals surface area contributed by atoms with Crippen molar-refractivity contribution in [3.8, 4) is 16.2 Å². The third-order valence-electron chi connectivity index (χ3n) is 6.19. The lowest BCUT2D eigenvalue weighted by Gasteiger charge is -2.40. The summed E-state index contributed by atoms with van der Waals surface area (Å²) >= 11 is 1.63. The van der Waals surface area contributed by atoms with Crippen LogP contribution < -0.4 is 4.74 Å². The quantitative estimate of drug-likeness (QED) is 0.772. The van der Waals surface area contributed by atoms with Gasteiger partial charge >= 0.3 is 0 Å². The first-order valence-electron chi connectivity index (χ1n) is 10.2. The molecule has 5 heteroatoms. The van der Waals surface area contributed by atoms with Crippen LogP contribution in [0.2, 0.25) is 0 Å². The first-order chi connectivity index (χ1) is 13.3. The number of benzene rings is 1. The molecule has 3 aliphatic heterocycles. The fourth-order valence-electron chi connectivity index (χ4n) is 4.68. The molecule has 2 fully saturated rings. The average Bonchev–Trinajstić information content (AvgIpc) is 3.19. The Morgan fingerprint density at radius 1 is 1.04 bits per heavy atom. The maximum Gasteiger partial charge on any atom is 0.263 e. The summed E-state index contributed by atoms with van der Waals surface area (Å²) in [4.78, 5) is 19.9. The molecule has 0 N–H and O–H groups in total. The molecule has 1 amide bonds. The summed E-state index contributed by atoms with van der Waals surface area (Å²) in [7, 11) is 0. The third kappa shape index (κ3) is 3.27. The van der Waals surface area contributed by atoms with Gasteiger partial charge in [0.15, 0.2) is 0 Å². The van der Waals surface area contributed by atoms with E-state index in [-0.39, 0.29) is 5.91 Å². The van der Waals surface area contributed by atoms with E-state index in [4.69, 9.17) is 4.74 Å². The van der Waals surface area contributed by atoms with E-state index in [1.165, 1.54) is 37.2 Å². The standard InChI is InChI=1S/C22H26N2O2S/c25-22(24-12-8-17(9-13-24)23-10-4-1-5-11-23)20-14-16-15-26-19-7-3-2-6-18(19)21(16)27-20/h2-3,6-7,14,17H,1,4-5,8-13,15H2. The second-order valence-electron chi connectivity index (χ2n) is 7.87. The molecule has 142 valence electrons. The number of hydrogen-bond acceptors (Lipinski definition) is 4. The van der Waals surface area contributed by atoms with Crippen molar-refractivity contribution in [1.29, 1.82) is 0 Å². The van der Waals surface area contributed by atoms with Crippen molar-refractivity contribution in [3.63, 3.8) is 0 Å². The number of rotatable bonds is 2. The lowest BCUT2D eigenvalue weighted by Crippen LogP contribution is -2.48. The molecule has 0 spiro atoms. The van der Waals surface area contributed by atoms with Gasteiger partial charge in [-0.15, -0.1) is 11.3 Å². The second kappa shape index (κ2) is 7.28. The molecular weight excluding hydrogens is 356 g/mol. The summed E-state index contributed by atoms with van der Waals surface area (Å²) in [5.41, 5.74) is 2.26. The normalized spacial score (nSPS) is 20.7. The van der Waals surface area contributed by atoms with Crippen LogP contribution >= 0.6 is 11.3 Å². The summed E-state index contributed by atoms with van der Waals surface area (Å²) in [5.74, 6) is 1.12. The monoisotopic (exact) mass is 382 g/mol. The molecule has 0 atom stereocenters. The number of para-hydroxylation sites is 1. The molecule has 2 saturated heterocycles. The predicted octanol–water partition coefficient (Wildman–Crippen LogP) is 4.40. The minimum Gasteiger partial charge on any atom is -0.488 e. The minimum atomic E-state index is 0.198. The summed E-state index contributed by atoms with van der Waals surface area (Å²) in [5, 5.41) is 0. The molecular formula is C22H26N2O2S. The van der Waals surface area contributed by atoms with Crippen LogP contribution in [-0.4, -0.2) is 47.9 Å². The molecule has 1 aromatic carbocycles. The lowest BCUT2D eigenvalue weighted by atomic mass is 10.00. The van der Waals surface area contributed by atoms with Crippen molar-refractivity contribution in [3.05, 3.63) is 40.8 Å². The second-order valence-corrected chi connectivity index (χ2v) is 8.92. The van der Waals surface area contributed by atoms with E-state index in [1.807, 2.05) is 18.2 Å². The molecule has 0 radical (unpaired) electrons. The number of carbonyl (C=O) groups is 1. The van der Waals surface area contributed by atoms with Gasteiger partial charge in [-0.1, -0.05) is 18.6 Å². The van der Waals surface area contributed by atoms with E-state index in [1.54, 1.807) is 11.3 Å². The van der Waals surface area contributed by atoms with Gasteiger partial charge in [0.2, 0.25) is 0 Å². The third-order valence-corrected chi connectivity index (χ3v) is 7.39. The Balaban J connectivity index is 1.28. The highest BCUT2D eigenvalue weighted by atomic mass is 32.1. The van der Waals surface area contributed by atoms with Crippen molar-refractivity contribution in [2.45, 2.75) is 44.8 Å². The molecule has 0 aliphatic carbocycles. The highest BCUT2D eigenvalue weighted by Crippen LogP contribution is 2.42. The molecule has 0 bridgehead atoms. The fourth-order valence-corrected chi connectivity index (χ4v) is 5.84. The first-order valence-corrected chi connectivity index (χ1v) is 11.0. The van der Waals surface area contributed by atoms with Crippen molar-refractivity contribution in [2.24, 2.45) is 0 Å². The molecule has 4 nitrogen and oxygen atoms in total. The smallest absolute Gasteiger partial charge is 0.263 e. The Morgan fingerprint density at radius 2 is 1.81 bits per heavy atom. The summed E-state index contributed by atoms with van der Waals surface area (Å²) in [6.07, 6.45) is 6.28. The first kappa shape index (κ1) is 17.3. The van der Waals surface area contributed by atoms with Crippen LogP contribution in [0.5, 0.6) is 5.75 Å². The van der Waals surface area contributed by atoms with Crippen LogP contribution in [0.1, 0.15) is 47.3 Å². The summed E-state index contributed by atoms with van der Waals surface area (Å²) in [6.45, 7) is 4.82. The molecule has 1 aromatic heterocycles. The van der Waals surface area contributed by atoms with Crippen LogP contribution in [0.3, 0.4) is 0 Å². The number of amides is 1. The van der Waals surface area contributed by atoms with Crippen LogP contribution in [0, 0.1) is 0 Å². The van der Waals surface area contributed by atoms with Crippen LogP contribution in [0.4, 0.5) is 0 Å². The van der Waals surface area contributed by atoms with Crippen LogP contribution in [0.15, 0.2) is 30.3 Å². The predicted molar refractivity (Wildman–Crippen MR) is 108 cm³/mol. The topological polar surface area (TPSA) is 32.8 Å². The number of carbonyl (C=O) groups excluding carboxylic acids is 1. The average molecular weight is 383 g/mol. The number of ether oxygens (including phenoxy) is 1. The number of hydrogen-bond donors (Lipinski definition) is 0. The Morgan fingerprint density at radius 3 is 2.63 bits per heavy atom. The zero-order chi connectivity index (χ0) is 18.2. The lowest BCUT2D eigenvalue weighted by molar-refractivity contribution is 0.0594. The Labute approximate surface area is 164 Å². The van der Waals surface area contributed by atoms with Gasteiger partial charge in [-0.05, 0) is 57.0 Å². The molecule has 4 heterocycles. The number of thiophene rings is 1. The highest BCUT2D eigenvalue weighted by molar-refractivity contribution is 7.17. The van der Waals surface area contributed by atoms with Gasteiger partial charge < -0.3 is 14.5 Å². The molecule has 3 aliphatic rings. The summed E-state index contributed by atoms with van der Waals surface area (Å²) in [6, 6.07) is 10.8. The number of piperidine rings is 2. The maximum atomic E-state index is 13.1. The van der Waals surface area contributed by atoms with Crippen molar-refractivity contribution >= 4 is 17.2 Å². The van der Waals surface area contributed by atoms with Gasteiger partial charge in [0.05, 0.1) is 4.88 Å². The van der Waals surface area contributed by atoms with Crippen molar-refractivity contribution in [1.82, 2.24) is 9.80 Å². The Bertz CT molecular complexity index is 833. The van der Waals surface area contributed by atoms with E-state index in [0.717, 1.165) is 47.7 Å². The van der Waals surface area contributed by atoms with E-state index >= 15 is 0 Å². The van der Waals surface area contributed by atoms with E-state index in [2.05, 4.69) is 21.9 Å². The van der Waals surface area contributed by atoms with E-state index < -0.39 is 0 Å². The fraction of sp³-hybridized carbons (Fsp3) is 0.500. The van der Waals surface area contributed by atoms with Crippen LogP contribution in [0.25, 0.3) is 10.4 Å². The molecule has 0 unspecified atom stereocenters. The number of nitrogens with zero attached hydrogens (tertiary/aromatic N) is 2. The summed E-state index contributed by atoms with van der Waals surface area (Å²) < 4.78 is 5.85. The minimum absolute atomic E-state index is 0.198. The Hall–Kier alpha value is -1.85. The van der Waals surface area contributed by atoms with Crippen molar-refractivity contribution < 1.29 is 9.53 Å². The van der Waals surface area contributed by atoms with E-state index in [0.29, 0.717) is 12.6 Å². The van der Waals surface area contributed by atoms with Gasteiger partial charge in [-0.2, -0.15) is 0 Å². The SMILES string of the molecule is O=C(c1cc2c(s1)-c1ccccc1OC2)N1CCC(N2CCCCC2)CC1. The molecule has 5 rings (SSSR count). The molecule has 2 aromatic rings. The van der Waals surface area contributed by atoms with Gasteiger partial charge in [-0.3, -0.25) is 4.79 Å².